The predicted molar refractivity (Wildman–Crippen MR) is 77.7 cm³/mol. The topological polar surface area (TPSA) is 24.1 Å². The molecule has 0 aromatic heterocycles. The van der Waals surface area contributed by atoms with Crippen molar-refractivity contribution in [1.82, 2.24) is 5.32 Å². The van der Waals surface area contributed by atoms with Crippen molar-refractivity contribution in [2.24, 2.45) is 0 Å². The molecule has 0 aliphatic carbocycles. The lowest BCUT2D eigenvalue weighted by Gasteiger charge is -2.07. The molecule has 0 radical (unpaired) electrons. The monoisotopic (exact) mass is 258 g/mol. The number of aryl methyl sites for hydroxylation is 1. The van der Waals surface area contributed by atoms with E-state index < -0.39 is 0 Å². The van der Waals surface area contributed by atoms with Gasteiger partial charge in [0.15, 0.2) is 0 Å². The average Bonchev–Trinajstić information content (AvgIpc) is 2.43. The highest BCUT2D eigenvalue weighted by Gasteiger charge is 1.99. The van der Waals surface area contributed by atoms with Gasteiger partial charge in [0.2, 0.25) is 0 Å². The Morgan fingerprint density at radius 1 is 0.947 bits per heavy atom. The Kier molecular flexibility index (Phi) is 4.53. The fourth-order valence-corrected chi connectivity index (χ4v) is 1.96. The number of halogens is 1. The maximum Gasteiger partial charge on any atom is 0.126 e. The van der Waals surface area contributed by atoms with Gasteiger partial charge in [-0.3, -0.25) is 0 Å². The highest BCUT2D eigenvalue weighted by Crippen LogP contribution is 2.10. The number of benzene rings is 2. The molecular formula is C16H19FN2. The summed E-state index contributed by atoms with van der Waals surface area (Å²) in [5.41, 5.74) is 4.14. The zero-order chi connectivity index (χ0) is 13.7. The SMILES string of the molecule is CNc1ccc(CNCc2ccc(F)c(C)c2)cc1. The van der Waals surface area contributed by atoms with E-state index in [2.05, 4.69) is 34.9 Å². The Labute approximate surface area is 113 Å². The lowest BCUT2D eigenvalue weighted by atomic mass is 10.1. The van der Waals surface area contributed by atoms with Gasteiger partial charge in [0.1, 0.15) is 5.82 Å². The Bertz CT molecular complexity index is 535. The van der Waals surface area contributed by atoms with E-state index in [1.54, 1.807) is 6.92 Å². The molecule has 2 N–H and O–H groups in total. The van der Waals surface area contributed by atoms with Crippen molar-refractivity contribution >= 4 is 5.69 Å². The molecular weight excluding hydrogens is 239 g/mol. The van der Waals surface area contributed by atoms with Crippen LogP contribution in [0, 0.1) is 12.7 Å². The average molecular weight is 258 g/mol. The van der Waals surface area contributed by atoms with Crippen molar-refractivity contribution in [2.75, 3.05) is 12.4 Å². The molecule has 2 aromatic carbocycles. The second-order valence-electron chi connectivity index (χ2n) is 4.63. The minimum atomic E-state index is -0.147. The summed E-state index contributed by atoms with van der Waals surface area (Å²) in [7, 11) is 1.91. The first kappa shape index (κ1) is 13.6. The van der Waals surface area contributed by atoms with Gasteiger partial charge >= 0.3 is 0 Å². The smallest absolute Gasteiger partial charge is 0.126 e. The van der Waals surface area contributed by atoms with Crippen LogP contribution in [-0.4, -0.2) is 7.05 Å². The number of anilines is 1. The Hall–Kier alpha value is -1.87. The summed E-state index contributed by atoms with van der Waals surface area (Å²) in [6.45, 7) is 3.34. The molecule has 2 nitrogen and oxygen atoms in total. The summed E-state index contributed by atoms with van der Waals surface area (Å²) in [6, 6.07) is 13.5. The largest absolute Gasteiger partial charge is 0.388 e. The second-order valence-corrected chi connectivity index (χ2v) is 4.63. The van der Waals surface area contributed by atoms with E-state index in [9.17, 15) is 4.39 Å². The number of rotatable bonds is 5. The molecule has 0 saturated carbocycles. The molecule has 0 amide bonds. The quantitative estimate of drug-likeness (QED) is 0.858. The van der Waals surface area contributed by atoms with Crippen LogP contribution in [0.3, 0.4) is 0 Å². The second kappa shape index (κ2) is 6.34. The van der Waals surface area contributed by atoms with Gasteiger partial charge in [-0.25, -0.2) is 4.39 Å². The van der Waals surface area contributed by atoms with Crippen LogP contribution in [0.25, 0.3) is 0 Å². The van der Waals surface area contributed by atoms with Crippen molar-refractivity contribution in [3.63, 3.8) is 0 Å². The predicted octanol–water partition coefficient (Wildman–Crippen LogP) is 3.47. The minimum absolute atomic E-state index is 0.147. The van der Waals surface area contributed by atoms with Gasteiger partial charge in [0.05, 0.1) is 0 Å². The van der Waals surface area contributed by atoms with Crippen molar-refractivity contribution in [3.05, 3.63) is 65.0 Å². The third-order valence-electron chi connectivity index (χ3n) is 3.12. The fourth-order valence-electron chi connectivity index (χ4n) is 1.96. The lowest BCUT2D eigenvalue weighted by Crippen LogP contribution is -2.12. The van der Waals surface area contributed by atoms with Crippen LogP contribution in [0.4, 0.5) is 10.1 Å². The maximum atomic E-state index is 13.1. The van der Waals surface area contributed by atoms with Gasteiger partial charge in [-0.05, 0) is 41.8 Å². The molecule has 0 aliphatic rings. The molecule has 0 saturated heterocycles. The first-order valence-electron chi connectivity index (χ1n) is 6.41. The van der Waals surface area contributed by atoms with Crippen LogP contribution < -0.4 is 10.6 Å². The Morgan fingerprint density at radius 3 is 2.21 bits per heavy atom. The molecule has 3 heteroatoms. The van der Waals surface area contributed by atoms with Crippen LogP contribution in [0.15, 0.2) is 42.5 Å². The van der Waals surface area contributed by atoms with Crippen LogP contribution in [0.1, 0.15) is 16.7 Å². The standard InChI is InChI=1S/C16H19FN2/c1-12-9-14(5-8-16(12)17)11-19-10-13-3-6-15(18-2)7-4-13/h3-9,18-19H,10-11H2,1-2H3. The number of hydrogen-bond acceptors (Lipinski definition) is 2. The van der Waals surface area contributed by atoms with Crippen LogP contribution in [0.2, 0.25) is 0 Å². The van der Waals surface area contributed by atoms with Gasteiger partial charge < -0.3 is 10.6 Å². The summed E-state index contributed by atoms with van der Waals surface area (Å²) in [6.07, 6.45) is 0. The van der Waals surface area contributed by atoms with Crippen LogP contribution in [0.5, 0.6) is 0 Å². The summed E-state index contributed by atoms with van der Waals surface area (Å²) in [5.74, 6) is -0.147. The van der Waals surface area contributed by atoms with Gasteiger partial charge in [-0.15, -0.1) is 0 Å². The van der Waals surface area contributed by atoms with E-state index in [1.165, 1.54) is 11.6 Å². The lowest BCUT2D eigenvalue weighted by molar-refractivity contribution is 0.615. The highest BCUT2D eigenvalue weighted by atomic mass is 19.1. The molecule has 2 rings (SSSR count). The number of nitrogens with one attached hydrogen (secondary N) is 2. The summed E-state index contributed by atoms with van der Waals surface area (Å²) < 4.78 is 13.1. The van der Waals surface area contributed by atoms with Crippen molar-refractivity contribution in [1.29, 1.82) is 0 Å². The fraction of sp³-hybridized carbons (Fsp3) is 0.250. The van der Waals surface area contributed by atoms with E-state index in [-0.39, 0.29) is 5.82 Å². The minimum Gasteiger partial charge on any atom is -0.388 e. The molecule has 0 heterocycles. The molecule has 0 spiro atoms. The zero-order valence-electron chi connectivity index (χ0n) is 11.3. The van der Waals surface area contributed by atoms with E-state index in [0.29, 0.717) is 5.56 Å². The Morgan fingerprint density at radius 2 is 1.58 bits per heavy atom. The van der Waals surface area contributed by atoms with Crippen molar-refractivity contribution < 1.29 is 4.39 Å². The molecule has 0 atom stereocenters. The molecule has 0 bridgehead atoms. The summed E-state index contributed by atoms with van der Waals surface area (Å²) >= 11 is 0. The van der Waals surface area contributed by atoms with E-state index in [0.717, 1.165) is 24.3 Å². The maximum absolute atomic E-state index is 13.1. The molecule has 0 aliphatic heterocycles. The van der Waals surface area contributed by atoms with Crippen LogP contribution >= 0.6 is 0 Å². The Balaban J connectivity index is 1.86. The molecule has 2 aromatic rings. The van der Waals surface area contributed by atoms with E-state index in [1.807, 2.05) is 19.2 Å². The van der Waals surface area contributed by atoms with Gasteiger partial charge in [-0.1, -0.05) is 24.3 Å². The molecule has 0 fully saturated rings. The summed E-state index contributed by atoms with van der Waals surface area (Å²) in [5, 5.41) is 6.45. The first-order valence-corrected chi connectivity index (χ1v) is 6.41. The molecule has 0 unspecified atom stereocenters. The molecule has 100 valence electrons. The third kappa shape index (κ3) is 3.80. The number of hydrogen-bond donors (Lipinski definition) is 2. The highest BCUT2D eigenvalue weighted by molar-refractivity contribution is 5.43. The van der Waals surface area contributed by atoms with E-state index in [4.69, 9.17) is 0 Å². The van der Waals surface area contributed by atoms with Crippen molar-refractivity contribution in [2.45, 2.75) is 20.0 Å². The third-order valence-corrected chi connectivity index (χ3v) is 3.12. The van der Waals surface area contributed by atoms with Gasteiger partial charge in [0, 0.05) is 25.8 Å². The zero-order valence-corrected chi connectivity index (χ0v) is 11.3. The first-order chi connectivity index (χ1) is 9.19. The van der Waals surface area contributed by atoms with Crippen LogP contribution in [-0.2, 0) is 13.1 Å². The van der Waals surface area contributed by atoms with Gasteiger partial charge in [0.25, 0.3) is 0 Å². The summed E-state index contributed by atoms with van der Waals surface area (Å²) in [4.78, 5) is 0. The van der Waals surface area contributed by atoms with E-state index >= 15 is 0 Å². The van der Waals surface area contributed by atoms with Gasteiger partial charge in [-0.2, -0.15) is 0 Å². The van der Waals surface area contributed by atoms with Crippen molar-refractivity contribution in [3.8, 4) is 0 Å². The molecule has 19 heavy (non-hydrogen) atoms. The normalized spacial score (nSPS) is 10.5.